The maximum atomic E-state index is 12.7. The number of halogens is 1. The van der Waals surface area contributed by atoms with Gasteiger partial charge in [0.05, 0.1) is 5.69 Å². The van der Waals surface area contributed by atoms with Gasteiger partial charge >= 0.3 is 0 Å². The first-order valence-corrected chi connectivity index (χ1v) is 9.74. The molecule has 1 heterocycles. The number of hydrogen-bond acceptors (Lipinski definition) is 3. The van der Waals surface area contributed by atoms with Gasteiger partial charge in [-0.15, -0.1) is 12.4 Å². The smallest absolute Gasteiger partial charge is 0.223 e. The fraction of sp³-hybridized carbons (Fsp3) is 0.455. The minimum Gasteiger partial charge on any atom is -0.352 e. The summed E-state index contributed by atoms with van der Waals surface area (Å²) in [4.78, 5) is 17.1. The van der Waals surface area contributed by atoms with Crippen molar-refractivity contribution in [3.05, 3.63) is 54.2 Å². The first-order valence-electron chi connectivity index (χ1n) is 9.74. The molecule has 2 fully saturated rings. The van der Waals surface area contributed by atoms with Crippen LogP contribution in [0.3, 0.4) is 0 Å². The zero-order valence-corrected chi connectivity index (χ0v) is 16.3. The minimum absolute atomic E-state index is 0. The Hall–Kier alpha value is -1.91. The molecule has 0 saturated heterocycles. The molecule has 0 spiro atoms. The molecular weight excluding hydrogens is 358 g/mol. The van der Waals surface area contributed by atoms with Crippen molar-refractivity contribution < 1.29 is 4.79 Å². The first kappa shape index (κ1) is 19.8. The lowest BCUT2D eigenvalue weighted by Gasteiger charge is -2.43. The van der Waals surface area contributed by atoms with Gasteiger partial charge in [-0.05, 0) is 61.3 Å². The van der Waals surface area contributed by atoms with Crippen LogP contribution in [0.1, 0.15) is 37.7 Å². The van der Waals surface area contributed by atoms with Crippen LogP contribution >= 0.6 is 12.4 Å². The van der Waals surface area contributed by atoms with Crippen molar-refractivity contribution in [2.75, 3.05) is 0 Å². The van der Waals surface area contributed by atoms with Crippen LogP contribution < -0.4 is 11.1 Å². The number of nitrogens with zero attached hydrogens (tertiary/aromatic N) is 1. The Morgan fingerprint density at radius 1 is 1.11 bits per heavy atom. The molecule has 2 aliphatic carbocycles. The monoisotopic (exact) mass is 385 g/mol. The number of rotatable bonds is 4. The summed E-state index contributed by atoms with van der Waals surface area (Å²) < 4.78 is 0. The molecule has 4 rings (SSSR count). The van der Waals surface area contributed by atoms with Crippen LogP contribution in [0.4, 0.5) is 0 Å². The van der Waals surface area contributed by atoms with Crippen LogP contribution in [0, 0.1) is 17.8 Å². The van der Waals surface area contributed by atoms with E-state index >= 15 is 0 Å². The maximum absolute atomic E-state index is 12.7. The number of aromatic nitrogens is 1. The molecule has 1 aromatic carbocycles. The highest BCUT2D eigenvalue weighted by atomic mass is 35.5. The molecule has 2 aromatic rings. The molecule has 2 unspecified atom stereocenters. The molecule has 5 heteroatoms. The number of benzene rings is 1. The van der Waals surface area contributed by atoms with E-state index in [1.807, 2.05) is 24.3 Å². The van der Waals surface area contributed by atoms with Gasteiger partial charge in [-0.2, -0.15) is 0 Å². The van der Waals surface area contributed by atoms with Crippen molar-refractivity contribution >= 4 is 18.3 Å². The average Bonchev–Trinajstić information content (AvgIpc) is 2.67. The van der Waals surface area contributed by atoms with Gasteiger partial charge in [0.2, 0.25) is 5.91 Å². The lowest BCUT2D eigenvalue weighted by Crippen LogP contribution is -2.49. The van der Waals surface area contributed by atoms with Crippen LogP contribution in [0.2, 0.25) is 0 Å². The van der Waals surface area contributed by atoms with Crippen LogP contribution in [-0.4, -0.2) is 16.9 Å². The third-order valence-corrected chi connectivity index (χ3v) is 6.14. The second-order valence-electron chi connectivity index (χ2n) is 7.83. The fourth-order valence-corrected chi connectivity index (χ4v) is 4.71. The van der Waals surface area contributed by atoms with Crippen molar-refractivity contribution in [1.29, 1.82) is 0 Å². The number of amides is 1. The van der Waals surface area contributed by atoms with E-state index in [4.69, 9.17) is 5.73 Å². The lowest BCUT2D eigenvalue weighted by molar-refractivity contribution is -0.128. The SMILES string of the molecule is Cl.NC1C2CCCC1CC(C(=O)NCc1cccc(-c3ccccn3)c1)C2. The van der Waals surface area contributed by atoms with Crippen LogP contribution in [-0.2, 0) is 11.3 Å². The van der Waals surface area contributed by atoms with E-state index in [1.165, 1.54) is 19.3 Å². The molecule has 144 valence electrons. The first-order chi connectivity index (χ1) is 12.7. The predicted octanol–water partition coefficient (Wildman–Crippen LogP) is 3.94. The third-order valence-electron chi connectivity index (χ3n) is 6.14. The fourth-order valence-electron chi connectivity index (χ4n) is 4.71. The molecule has 2 atom stereocenters. The molecule has 2 aliphatic rings. The maximum Gasteiger partial charge on any atom is 0.223 e. The molecule has 2 saturated carbocycles. The second-order valence-corrected chi connectivity index (χ2v) is 7.83. The molecule has 3 N–H and O–H groups in total. The van der Waals surface area contributed by atoms with E-state index in [0.29, 0.717) is 24.4 Å². The number of fused-ring (bicyclic) bond motifs is 2. The van der Waals surface area contributed by atoms with Crippen molar-refractivity contribution in [3.8, 4) is 11.3 Å². The quantitative estimate of drug-likeness (QED) is 0.837. The van der Waals surface area contributed by atoms with Gasteiger partial charge in [-0.25, -0.2) is 0 Å². The molecule has 4 nitrogen and oxygen atoms in total. The number of carbonyl (C=O) groups is 1. The van der Waals surface area contributed by atoms with Gasteiger partial charge in [0.25, 0.3) is 0 Å². The summed E-state index contributed by atoms with van der Waals surface area (Å²) in [6, 6.07) is 14.4. The van der Waals surface area contributed by atoms with Gasteiger partial charge in [0.15, 0.2) is 0 Å². The normalized spacial score (nSPS) is 26.7. The molecular formula is C22H28ClN3O. The lowest BCUT2D eigenvalue weighted by atomic mass is 9.65. The van der Waals surface area contributed by atoms with Crippen molar-refractivity contribution in [2.24, 2.45) is 23.5 Å². The summed E-state index contributed by atoms with van der Waals surface area (Å²) in [6.07, 6.45) is 7.36. The number of pyridine rings is 1. The number of nitrogens with two attached hydrogens (primary N) is 1. The standard InChI is InChI=1S/C22H27N3O.ClH/c23-21-17-7-4-8-18(21)13-19(12-17)22(26)25-14-15-5-3-6-16(11-15)20-9-1-2-10-24-20;/h1-3,5-6,9-11,17-19,21H,4,7-8,12-14,23H2,(H,25,26);1H. The van der Waals surface area contributed by atoms with Gasteiger partial charge in [0, 0.05) is 30.3 Å². The van der Waals surface area contributed by atoms with Crippen LogP contribution in [0.25, 0.3) is 11.3 Å². The highest BCUT2D eigenvalue weighted by Gasteiger charge is 2.40. The molecule has 1 amide bonds. The Labute approximate surface area is 167 Å². The molecule has 0 radical (unpaired) electrons. The number of nitrogens with one attached hydrogen (secondary N) is 1. The Bertz CT molecular complexity index is 753. The highest BCUT2D eigenvalue weighted by Crippen LogP contribution is 2.41. The van der Waals surface area contributed by atoms with Crippen molar-refractivity contribution in [3.63, 3.8) is 0 Å². The Morgan fingerprint density at radius 2 is 1.89 bits per heavy atom. The summed E-state index contributed by atoms with van der Waals surface area (Å²) >= 11 is 0. The summed E-state index contributed by atoms with van der Waals surface area (Å²) in [7, 11) is 0. The predicted molar refractivity (Wildman–Crippen MR) is 110 cm³/mol. The van der Waals surface area contributed by atoms with E-state index < -0.39 is 0 Å². The van der Waals surface area contributed by atoms with Gasteiger partial charge in [-0.1, -0.05) is 30.7 Å². The Kier molecular flexibility index (Phi) is 6.51. The van der Waals surface area contributed by atoms with Crippen LogP contribution in [0.5, 0.6) is 0 Å². The molecule has 2 bridgehead atoms. The molecule has 1 aromatic heterocycles. The number of carbonyl (C=O) groups excluding carboxylic acids is 1. The average molecular weight is 386 g/mol. The van der Waals surface area contributed by atoms with Crippen molar-refractivity contribution in [1.82, 2.24) is 10.3 Å². The van der Waals surface area contributed by atoms with E-state index in [9.17, 15) is 4.79 Å². The Balaban J connectivity index is 0.00000210. The summed E-state index contributed by atoms with van der Waals surface area (Å²) in [5.41, 5.74) is 9.48. The van der Waals surface area contributed by atoms with Gasteiger partial charge in [-0.3, -0.25) is 9.78 Å². The van der Waals surface area contributed by atoms with E-state index in [2.05, 4.69) is 28.5 Å². The molecule has 0 aliphatic heterocycles. The zero-order chi connectivity index (χ0) is 17.9. The summed E-state index contributed by atoms with van der Waals surface area (Å²) in [5, 5.41) is 3.15. The minimum atomic E-state index is 0. The van der Waals surface area contributed by atoms with E-state index in [-0.39, 0.29) is 24.2 Å². The van der Waals surface area contributed by atoms with Crippen molar-refractivity contribution in [2.45, 2.75) is 44.7 Å². The van der Waals surface area contributed by atoms with Gasteiger partial charge in [0.1, 0.15) is 0 Å². The van der Waals surface area contributed by atoms with E-state index in [0.717, 1.165) is 29.7 Å². The summed E-state index contributed by atoms with van der Waals surface area (Å²) in [6.45, 7) is 0.567. The second kappa shape index (κ2) is 8.85. The van der Waals surface area contributed by atoms with Gasteiger partial charge < -0.3 is 11.1 Å². The third kappa shape index (κ3) is 4.50. The zero-order valence-electron chi connectivity index (χ0n) is 15.5. The van der Waals surface area contributed by atoms with E-state index in [1.54, 1.807) is 6.20 Å². The van der Waals surface area contributed by atoms with Crippen LogP contribution in [0.15, 0.2) is 48.7 Å². The summed E-state index contributed by atoms with van der Waals surface area (Å²) in [5.74, 6) is 1.39. The largest absolute Gasteiger partial charge is 0.352 e. The highest BCUT2D eigenvalue weighted by molar-refractivity contribution is 5.85. The topological polar surface area (TPSA) is 68.0 Å². The number of hydrogen-bond donors (Lipinski definition) is 2. The molecule has 27 heavy (non-hydrogen) atoms. The Morgan fingerprint density at radius 3 is 2.59 bits per heavy atom.